The van der Waals surface area contributed by atoms with Gasteiger partial charge in [-0.15, -0.1) is 0 Å². The minimum absolute atomic E-state index is 0.533. The molecule has 29 heavy (non-hydrogen) atoms. The Kier molecular flexibility index (Phi) is 8.88. The zero-order chi connectivity index (χ0) is 20.5. The number of hydrogen-bond acceptors (Lipinski definition) is 4. The van der Waals surface area contributed by atoms with Gasteiger partial charge < -0.3 is 0 Å². The van der Waals surface area contributed by atoms with E-state index >= 15 is 0 Å². The standard InChI is InChI=1S/C24H26O2S2Se/c1-4-5-16-29-24-13-9-8-12-23(24)28-22-11-7-6-10-21(22)27-18-14-15-19(25-2)20(17-18)26-3/h6-15,17H,4-5,16H2,1-3H3. The number of ether oxygens (including phenoxy) is 2. The summed E-state index contributed by atoms with van der Waals surface area (Å²) in [5.74, 6) is 1.51. The second-order valence-corrected chi connectivity index (χ2v) is 10.9. The maximum absolute atomic E-state index is 5.46. The van der Waals surface area contributed by atoms with E-state index in [-0.39, 0.29) is 0 Å². The molecule has 0 bridgehead atoms. The van der Waals surface area contributed by atoms with Crippen LogP contribution < -0.4 is 13.9 Å². The molecule has 3 aromatic rings. The van der Waals surface area contributed by atoms with E-state index in [2.05, 4.69) is 61.5 Å². The van der Waals surface area contributed by atoms with Crippen LogP contribution in [-0.2, 0) is 0 Å². The summed E-state index contributed by atoms with van der Waals surface area (Å²) in [7, 11) is 3.34. The van der Waals surface area contributed by atoms with Gasteiger partial charge in [0, 0.05) is 0 Å². The zero-order valence-electron chi connectivity index (χ0n) is 17.0. The van der Waals surface area contributed by atoms with Gasteiger partial charge in [0.2, 0.25) is 0 Å². The van der Waals surface area contributed by atoms with Crippen molar-refractivity contribution in [2.24, 2.45) is 0 Å². The van der Waals surface area contributed by atoms with E-state index in [1.807, 2.05) is 23.9 Å². The van der Waals surface area contributed by atoms with Crippen LogP contribution in [-0.4, -0.2) is 29.2 Å². The van der Waals surface area contributed by atoms with Gasteiger partial charge in [-0.2, -0.15) is 0 Å². The number of benzene rings is 3. The van der Waals surface area contributed by atoms with E-state index in [9.17, 15) is 0 Å². The van der Waals surface area contributed by atoms with Crippen molar-refractivity contribution in [3.63, 3.8) is 0 Å². The second kappa shape index (κ2) is 11.6. The van der Waals surface area contributed by atoms with E-state index in [1.165, 1.54) is 37.3 Å². The summed E-state index contributed by atoms with van der Waals surface area (Å²) in [4.78, 5) is 5.05. The van der Waals surface area contributed by atoms with Crippen LogP contribution in [0.2, 0.25) is 5.32 Å². The Morgan fingerprint density at radius 3 is 2.10 bits per heavy atom. The number of unbranched alkanes of at least 4 members (excludes halogenated alkanes) is 1. The van der Waals surface area contributed by atoms with E-state index < -0.39 is 0 Å². The Morgan fingerprint density at radius 1 is 0.759 bits per heavy atom. The molecule has 0 saturated heterocycles. The van der Waals surface area contributed by atoms with Crippen LogP contribution >= 0.6 is 23.5 Å². The van der Waals surface area contributed by atoms with Gasteiger partial charge in [-0.1, -0.05) is 0 Å². The first-order valence-corrected chi connectivity index (χ1v) is 13.3. The third kappa shape index (κ3) is 6.23. The van der Waals surface area contributed by atoms with E-state index in [0.717, 1.165) is 16.4 Å². The van der Waals surface area contributed by atoms with Crippen molar-refractivity contribution in [2.45, 2.75) is 44.7 Å². The molecule has 0 aliphatic rings. The van der Waals surface area contributed by atoms with Gasteiger partial charge in [0.15, 0.2) is 0 Å². The molecule has 0 spiro atoms. The first-order valence-electron chi connectivity index (χ1n) is 9.63. The number of hydrogen-bond donors (Lipinski definition) is 0. The van der Waals surface area contributed by atoms with Gasteiger partial charge in [-0.05, 0) is 0 Å². The average molecular weight is 490 g/mol. The molecule has 3 rings (SSSR count). The summed E-state index contributed by atoms with van der Waals surface area (Å²) in [6.45, 7) is 2.26. The van der Waals surface area contributed by atoms with Crippen molar-refractivity contribution in [1.82, 2.24) is 0 Å². The topological polar surface area (TPSA) is 18.5 Å². The van der Waals surface area contributed by atoms with Gasteiger partial charge in [0.05, 0.1) is 0 Å². The molecule has 2 nitrogen and oxygen atoms in total. The third-order valence-corrected chi connectivity index (χ3v) is 9.33. The Bertz CT molecular complexity index is 930. The van der Waals surface area contributed by atoms with Crippen LogP contribution in [0.25, 0.3) is 0 Å². The molecule has 0 radical (unpaired) electrons. The number of methoxy groups -OCH3 is 2. The van der Waals surface area contributed by atoms with Crippen molar-refractivity contribution in [3.8, 4) is 11.5 Å². The van der Waals surface area contributed by atoms with Gasteiger partial charge in [0.1, 0.15) is 0 Å². The van der Waals surface area contributed by atoms with Crippen molar-refractivity contribution >= 4 is 42.9 Å². The van der Waals surface area contributed by atoms with Gasteiger partial charge in [-0.25, -0.2) is 0 Å². The van der Waals surface area contributed by atoms with E-state index in [4.69, 9.17) is 9.47 Å². The SMILES string of the molecule is CCCC[Se]c1ccccc1Sc1ccccc1Sc1ccc(OC)c(OC)c1. The first-order chi connectivity index (χ1) is 14.2. The maximum atomic E-state index is 5.46. The fourth-order valence-electron chi connectivity index (χ4n) is 2.72. The van der Waals surface area contributed by atoms with Crippen LogP contribution in [0.4, 0.5) is 0 Å². The molecule has 0 heterocycles. The fraction of sp³-hybridized carbons (Fsp3) is 0.250. The third-order valence-electron chi connectivity index (χ3n) is 4.26. The summed E-state index contributed by atoms with van der Waals surface area (Å²) in [5, 5.41) is 1.31. The van der Waals surface area contributed by atoms with Gasteiger partial charge in [-0.3, -0.25) is 0 Å². The van der Waals surface area contributed by atoms with Crippen molar-refractivity contribution in [2.75, 3.05) is 14.2 Å². The molecule has 5 heteroatoms. The molecule has 0 amide bonds. The molecule has 0 fully saturated rings. The zero-order valence-corrected chi connectivity index (χ0v) is 20.4. The molecule has 0 aromatic heterocycles. The van der Waals surface area contributed by atoms with Crippen LogP contribution in [0.3, 0.4) is 0 Å². The summed E-state index contributed by atoms with van der Waals surface area (Å²) in [6, 6.07) is 23.6. The Balaban J connectivity index is 1.82. The molecule has 0 N–H and O–H groups in total. The van der Waals surface area contributed by atoms with Crippen molar-refractivity contribution in [3.05, 3.63) is 66.7 Å². The summed E-state index contributed by atoms with van der Waals surface area (Å²) in [5.41, 5.74) is 0. The molecule has 152 valence electrons. The van der Waals surface area contributed by atoms with Gasteiger partial charge in [0.25, 0.3) is 0 Å². The predicted molar refractivity (Wildman–Crippen MR) is 126 cm³/mol. The first kappa shape index (κ1) is 22.2. The fourth-order valence-corrected chi connectivity index (χ4v) is 7.46. The van der Waals surface area contributed by atoms with Gasteiger partial charge >= 0.3 is 190 Å². The summed E-state index contributed by atoms with van der Waals surface area (Å²) in [6.07, 6.45) is 2.58. The molecule has 0 saturated carbocycles. The van der Waals surface area contributed by atoms with E-state index in [0.29, 0.717) is 15.0 Å². The van der Waals surface area contributed by atoms with Crippen molar-refractivity contribution in [1.29, 1.82) is 0 Å². The molecular weight excluding hydrogens is 463 g/mol. The molecule has 0 aliphatic heterocycles. The Morgan fingerprint density at radius 2 is 1.41 bits per heavy atom. The number of rotatable bonds is 10. The van der Waals surface area contributed by atoms with Crippen LogP contribution in [0.15, 0.2) is 86.3 Å². The monoisotopic (exact) mass is 490 g/mol. The summed E-state index contributed by atoms with van der Waals surface area (Å²) >= 11 is 4.17. The minimum atomic E-state index is 0.533. The molecule has 0 unspecified atom stereocenters. The Labute approximate surface area is 188 Å². The summed E-state index contributed by atoms with van der Waals surface area (Å²) < 4.78 is 12.3. The molecule has 0 atom stereocenters. The molecule has 3 aromatic carbocycles. The Hall–Kier alpha value is -1.52. The second-order valence-electron chi connectivity index (χ2n) is 6.32. The van der Waals surface area contributed by atoms with Crippen LogP contribution in [0.5, 0.6) is 11.5 Å². The molecule has 0 aliphatic carbocycles. The average Bonchev–Trinajstić information content (AvgIpc) is 2.76. The molecular formula is C24H26O2S2Se. The van der Waals surface area contributed by atoms with E-state index in [1.54, 1.807) is 26.0 Å². The van der Waals surface area contributed by atoms with Crippen LogP contribution in [0.1, 0.15) is 19.8 Å². The normalized spacial score (nSPS) is 10.7. The quantitative estimate of drug-likeness (QED) is 0.237. The van der Waals surface area contributed by atoms with Crippen LogP contribution in [0, 0.1) is 0 Å². The van der Waals surface area contributed by atoms with Crippen molar-refractivity contribution < 1.29 is 9.47 Å². The predicted octanol–water partition coefficient (Wildman–Crippen LogP) is 6.55.